The van der Waals surface area contributed by atoms with Gasteiger partial charge in [-0.3, -0.25) is 0 Å². The number of benzene rings is 3. The summed E-state index contributed by atoms with van der Waals surface area (Å²) in [5.41, 5.74) is 7.17. The van der Waals surface area contributed by atoms with Crippen LogP contribution in [-0.2, 0) is 6.54 Å². The first-order chi connectivity index (χ1) is 15.5. The molecule has 0 bridgehead atoms. The van der Waals surface area contributed by atoms with E-state index in [0.29, 0.717) is 11.6 Å². The van der Waals surface area contributed by atoms with Crippen LogP contribution in [0, 0.1) is 13.8 Å². The molecule has 1 atom stereocenters. The summed E-state index contributed by atoms with van der Waals surface area (Å²) in [5.74, 6) is 0. The lowest BCUT2D eigenvalue weighted by Gasteiger charge is -2.31. The zero-order valence-electron chi connectivity index (χ0n) is 18.0. The number of hydrogen-bond acceptors (Lipinski definition) is 1. The van der Waals surface area contributed by atoms with E-state index in [9.17, 15) is 4.79 Å². The maximum Gasteiger partial charge on any atom is 0.322 e. The quantitative estimate of drug-likeness (QED) is 0.361. The molecule has 1 aliphatic heterocycles. The molecule has 1 N–H and O–H groups in total. The van der Waals surface area contributed by atoms with Gasteiger partial charge in [0, 0.05) is 16.9 Å². The summed E-state index contributed by atoms with van der Waals surface area (Å²) in [7, 11) is 0. The largest absolute Gasteiger partial charge is 0.322 e. The number of aromatic nitrogens is 1. The summed E-state index contributed by atoms with van der Waals surface area (Å²) in [6.45, 7) is 4.57. The van der Waals surface area contributed by atoms with Crippen LogP contribution in [-0.4, -0.2) is 15.5 Å². The number of urea groups is 1. The van der Waals surface area contributed by atoms with Gasteiger partial charge in [0.1, 0.15) is 6.04 Å². The van der Waals surface area contributed by atoms with E-state index in [4.69, 9.17) is 11.6 Å². The monoisotopic (exact) mass is 441 g/mol. The molecule has 0 saturated carbocycles. The van der Waals surface area contributed by atoms with Crippen LogP contribution < -0.4 is 5.32 Å². The van der Waals surface area contributed by atoms with Crippen LogP contribution in [0.2, 0.25) is 5.02 Å². The van der Waals surface area contributed by atoms with Crippen molar-refractivity contribution < 1.29 is 4.79 Å². The average Bonchev–Trinajstić information content (AvgIpc) is 3.21. The lowest BCUT2D eigenvalue weighted by atomic mass is 10.0. The van der Waals surface area contributed by atoms with Gasteiger partial charge < -0.3 is 14.8 Å². The highest BCUT2D eigenvalue weighted by Crippen LogP contribution is 2.39. The topological polar surface area (TPSA) is 37.3 Å². The molecular weight excluding hydrogens is 418 g/mol. The van der Waals surface area contributed by atoms with Gasteiger partial charge in [-0.05, 0) is 72.5 Å². The third-order valence-electron chi connectivity index (χ3n) is 6.18. The Kier molecular flexibility index (Phi) is 5.24. The normalized spacial score (nSPS) is 15.0. The first-order valence-corrected chi connectivity index (χ1v) is 11.1. The lowest BCUT2D eigenvalue weighted by molar-refractivity contribution is 0.194. The van der Waals surface area contributed by atoms with Gasteiger partial charge in [-0.2, -0.15) is 0 Å². The van der Waals surface area contributed by atoms with E-state index < -0.39 is 0 Å². The minimum Gasteiger partial charge on any atom is -0.318 e. The number of anilines is 1. The molecule has 1 aliphatic rings. The maximum absolute atomic E-state index is 13.7. The first-order valence-electron chi connectivity index (χ1n) is 10.7. The number of hydrogen-bond donors (Lipinski definition) is 1. The van der Waals surface area contributed by atoms with E-state index in [2.05, 4.69) is 35.0 Å². The van der Waals surface area contributed by atoms with Crippen LogP contribution >= 0.6 is 11.6 Å². The fourth-order valence-corrected chi connectivity index (χ4v) is 4.62. The summed E-state index contributed by atoms with van der Waals surface area (Å²) >= 11 is 6.66. The number of fused-ring (bicyclic) bond motifs is 3. The SMILES string of the molecule is Cc1ccc(NC(=O)N2Cc3ccccc3-n3cccc3[C@@H]2c2ccccc2Cl)cc1C. The third kappa shape index (κ3) is 3.57. The summed E-state index contributed by atoms with van der Waals surface area (Å²) in [4.78, 5) is 15.6. The summed E-state index contributed by atoms with van der Waals surface area (Å²) < 4.78 is 2.16. The number of halogens is 1. The Balaban J connectivity index is 1.64. The van der Waals surface area contributed by atoms with Gasteiger partial charge in [0.2, 0.25) is 0 Å². The van der Waals surface area contributed by atoms with Crippen LogP contribution in [0.5, 0.6) is 0 Å². The minimum absolute atomic E-state index is 0.164. The van der Waals surface area contributed by atoms with Crippen molar-refractivity contribution in [3.05, 3.63) is 118 Å². The molecule has 160 valence electrons. The average molecular weight is 442 g/mol. The molecule has 0 unspecified atom stereocenters. The fourth-order valence-electron chi connectivity index (χ4n) is 4.38. The molecule has 2 heterocycles. The zero-order valence-corrected chi connectivity index (χ0v) is 18.8. The Bertz CT molecular complexity index is 1310. The molecule has 0 spiro atoms. The number of amides is 2. The van der Waals surface area contributed by atoms with Crippen molar-refractivity contribution in [2.45, 2.75) is 26.4 Å². The van der Waals surface area contributed by atoms with Crippen LogP contribution in [0.3, 0.4) is 0 Å². The van der Waals surface area contributed by atoms with Crippen molar-refractivity contribution in [1.29, 1.82) is 0 Å². The third-order valence-corrected chi connectivity index (χ3v) is 6.53. The van der Waals surface area contributed by atoms with Gasteiger partial charge in [0.15, 0.2) is 0 Å². The minimum atomic E-state index is -0.336. The number of nitrogens with one attached hydrogen (secondary N) is 1. The van der Waals surface area contributed by atoms with Crippen LogP contribution in [0.15, 0.2) is 85.1 Å². The number of carbonyl (C=O) groups excluding carboxylic acids is 1. The van der Waals surface area contributed by atoms with E-state index in [1.807, 2.05) is 78.7 Å². The first kappa shape index (κ1) is 20.4. The Morgan fingerprint density at radius 3 is 2.53 bits per heavy atom. The van der Waals surface area contributed by atoms with Gasteiger partial charge in [0.05, 0.1) is 17.9 Å². The number of carbonyl (C=O) groups is 1. The predicted molar refractivity (Wildman–Crippen MR) is 130 cm³/mol. The van der Waals surface area contributed by atoms with Crippen molar-refractivity contribution in [3.63, 3.8) is 0 Å². The van der Waals surface area contributed by atoms with Crippen LogP contribution in [0.4, 0.5) is 10.5 Å². The van der Waals surface area contributed by atoms with E-state index >= 15 is 0 Å². The van der Waals surface area contributed by atoms with Crippen molar-refractivity contribution in [2.24, 2.45) is 0 Å². The zero-order chi connectivity index (χ0) is 22.2. The molecule has 2 amide bonds. The summed E-state index contributed by atoms with van der Waals surface area (Å²) in [6, 6.07) is 25.5. The van der Waals surface area contributed by atoms with Gasteiger partial charge in [-0.25, -0.2) is 4.79 Å². The molecule has 5 heteroatoms. The van der Waals surface area contributed by atoms with Crippen molar-refractivity contribution >= 4 is 23.3 Å². The lowest BCUT2D eigenvalue weighted by Crippen LogP contribution is -2.38. The summed E-state index contributed by atoms with van der Waals surface area (Å²) in [5, 5.41) is 3.75. The molecule has 4 aromatic rings. The van der Waals surface area contributed by atoms with Gasteiger partial charge >= 0.3 is 6.03 Å². The Morgan fingerprint density at radius 1 is 0.938 bits per heavy atom. The maximum atomic E-state index is 13.7. The second-order valence-corrected chi connectivity index (χ2v) is 8.62. The second-order valence-electron chi connectivity index (χ2n) is 8.21. The highest BCUT2D eigenvalue weighted by atomic mass is 35.5. The number of rotatable bonds is 2. The second kappa shape index (κ2) is 8.21. The highest BCUT2D eigenvalue weighted by molar-refractivity contribution is 6.31. The molecule has 0 radical (unpaired) electrons. The highest BCUT2D eigenvalue weighted by Gasteiger charge is 2.34. The van der Waals surface area contributed by atoms with Crippen LogP contribution in [0.25, 0.3) is 5.69 Å². The molecule has 0 saturated heterocycles. The van der Waals surface area contributed by atoms with Crippen molar-refractivity contribution in [2.75, 3.05) is 5.32 Å². The molecule has 32 heavy (non-hydrogen) atoms. The van der Waals surface area contributed by atoms with Crippen molar-refractivity contribution in [1.82, 2.24) is 9.47 Å². The molecule has 4 nitrogen and oxygen atoms in total. The molecular formula is C27H24ClN3O. The Labute approximate surface area is 193 Å². The Morgan fingerprint density at radius 2 is 1.72 bits per heavy atom. The van der Waals surface area contributed by atoms with E-state index in [1.165, 1.54) is 5.56 Å². The van der Waals surface area contributed by atoms with E-state index in [-0.39, 0.29) is 12.1 Å². The fraction of sp³-hybridized carbons (Fsp3) is 0.148. The number of aryl methyl sites for hydroxylation is 2. The van der Waals surface area contributed by atoms with E-state index in [1.54, 1.807) is 0 Å². The smallest absolute Gasteiger partial charge is 0.318 e. The molecule has 0 fully saturated rings. The van der Waals surface area contributed by atoms with Gasteiger partial charge in [-0.15, -0.1) is 0 Å². The molecule has 0 aliphatic carbocycles. The van der Waals surface area contributed by atoms with Gasteiger partial charge in [-0.1, -0.05) is 54.1 Å². The number of nitrogens with zero attached hydrogens (tertiary/aromatic N) is 2. The van der Waals surface area contributed by atoms with E-state index in [0.717, 1.165) is 33.8 Å². The standard InChI is InChI=1S/C27H24ClN3O/c1-18-13-14-21(16-19(18)2)29-27(32)31-17-20-8-3-6-11-24(20)30-15-7-12-25(30)26(31)22-9-4-5-10-23(22)28/h3-16,26H,17H2,1-2H3,(H,29,32)/t26-/m0/s1. The van der Waals surface area contributed by atoms with Crippen LogP contribution in [0.1, 0.15) is 34.0 Å². The van der Waals surface area contributed by atoms with Gasteiger partial charge in [0.25, 0.3) is 0 Å². The molecule has 1 aromatic heterocycles. The predicted octanol–water partition coefficient (Wildman–Crippen LogP) is 6.88. The molecule has 5 rings (SSSR count). The number of para-hydroxylation sites is 1. The van der Waals surface area contributed by atoms with Crippen molar-refractivity contribution in [3.8, 4) is 5.69 Å². The molecule has 3 aromatic carbocycles. The summed E-state index contributed by atoms with van der Waals surface area (Å²) in [6.07, 6.45) is 2.04. The Hall–Kier alpha value is -3.50.